The molecule has 126 valence electrons. The molecule has 4 rings (SSSR count). The van der Waals surface area contributed by atoms with E-state index in [4.69, 9.17) is 9.47 Å². The van der Waals surface area contributed by atoms with E-state index in [9.17, 15) is 4.79 Å². The Morgan fingerprint density at radius 1 is 1.08 bits per heavy atom. The molecular weight excluding hydrogens is 308 g/mol. The Morgan fingerprint density at radius 3 is 2.54 bits per heavy atom. The lowest BCUT2D eigenvalue weighted by molar-refractivity contribution is 0.278. The van der Waals surface area contributed by atoms with Gasteiger partial charge in [0, 0.05) is 37.3 Å². The van der Waals surface area contributed by atoms with Crippen molar-refractivity contribution in [3.63, 3.8) is 0 Å². The molecule has 2 aromatic rings. The Hall–Kier alpha value is -2.57. The fraction of sp³-hybridized carbons (Fsp3) is 0.471. The van der Waals surface area contributed by atoms with E-state index in [1.807, 2.05) is 10.6 Å². The largest absolute Gasteiger partial charge is 0.481 e. The van der Waals surface area contributed by atoms with Crippen LogP contribution in [-0.4, -0.2) is 41.8 Å². The third kappa shape index (κ3) is 2.50. The minimum atomic E-state index is 0.0925. The van der Waals surface area contributed by atoms with Gasteiger partial charge in [-0.15, -0.1) is 0 Å². The Kier molecular flexibility index (Phi) is 3.63. The second-order valence-corrected chi connectivity index (χ2v) is 6.36. The van der Waals surface area contributed by atoms with E-state index < -0.39 is 0 Å². The maximum Gasteiger partial charge on any atom is 0.250 e. The van der Waals surface area contributed by atoms with Gasteiger partial charge < -0.3 is 18.9 Å². The molecule has 2 aliphatic rings. The number of hydrogen-bond donors (Lipinski definition) is 0. The van der Waals surface area contributed by atoms with Crippen LogP contribution in [0.3, 0.4) is 0 Å². The number of hydrogen-bond acceptors (Lipinski definition) is 6. The van der Waals surface area contributed by atoms with Gasteiger partial charge in [0.1, 0.15) is 0 Å². The van der Waals surface area contributed by atoms with Crippen molar-refractivity contribution in [1.29, 1.82) is 0 Å². The number of anilines is 1. The molecular formula is C17H20N4O3. The SMILES string of the molecule is COc1cc(OC)nc(N2CC3CC(C2)c2cccc(=O)n2C3)n1. The minimum absolute atomic E-state index is 0.0925. The quantitative estimate of drug-likeness (QED) is 0.845. The summed E-state index contributed by atoms with van der Waals surface area (Å²) in [4.78, 5) is 23.2. The van der Waals surface area contributed by atoms with E-state index in [2.05, 4.69) is 20.9 Å². The van der Waals surface area contributed by atoms with E-state index in [-0.39, 0.29) is 5.56 Å². The van der Waals surface area contributed by atoms with Crippen LogP contribution in [-0.2, 0) is 6.54 Å². The maximum absolute atomic E-state index is 12.1. The molecule has 0 radical (unpaired) electrons. The summed E-state index contributed by atoms with van der Waals surface area (Å²) in [6.07, 6.45) is 1.10. The highest BCUT2D eigenvalue weighted by Gasteiger charge is 2.35. The molecule has 0 N–H and O–H groups in total. The van der Waals surface area contributed by atoms with Gasteiger partial charge in [-0.25, -0.2) is 0 Å². The average Bonchev–Trinajstić information content (AvgIpc) is 2.62. The second kappa shape index (κ2) is 5.81. The lowest BCUT2D eigenvalue weighted by atomic mass is 9.83. The molecule has 1 fully saturated rings. The number of rotatable bonds is 3. The van der Waals surface area contributed by atoms with Crippen molar-refractivity contribution >= 4 is 5.95 Å². The summed E-state index contributed by atoms with van der Waals surface area (Å²) >= 11 is 0. The molecule has 2 aliphatic heterocycles. The van der Waals surface area contributed by atoms with Crippen molar-refractivity contribution in [2.45, 2.75) is 18.9 Å². The Morgan fingerprint density at radius 2 is 1.83 bits per heavy atom. The number of nitrogens with zero attached hydrogens (tertiary/aromatic N) is 4. The predicted molar refractivity (Wildman–Crippen MR) is 88.9 cm³/mol. The first-order chi connectivity index (χ1) is 11.7. The maximum atomic E-state index is 12.1. The zero-order valence-corrected chi connectivity index (χ0v) is 13.8. The van der Waals surface area contributed by atoms with E-state index in [0.29, 0.717) is 29.5 Å². The van der Waals surface area contributed by atoms with Gasteiger partial charge >= 0.3 is 0 Å². The Bertz CT molecular complexity index is 797. The molecule has 2 bridgehead atoms. The lowest BCUT2D eigenvalue weighted by Crippen LogP contribution is -2.47. The highest BCUT2D eigenvalue weighted by atomic mass is 16.5. The molecule has 4 heterocycles. The van der Waals surface area contributed by atoms with Crippen molar-refractivity contribution in [2.24, 2.45) is 5.92 Å². The normalized spacial score (nSPS) is 22.0. The van der Waals surface area contributed by atoms with E-state index in [1.165, 1.54) is 0 Å². The predicted octanol–water partition coefficient (Wildman–Crippen LogP) is 1.28. The molecule has 1 saturated heterocycles. The van der Waals surface area contributed by atoms with E-state index in [1.54, 1.807) is 26.4 Å². The third-order valence-electron chi connectivity index (χ3n) is 4.85. The molecule has 7 nitrogen and oxygen atoms in total. The van der Waals surface area contributed by atoms with Gasteiger partial charge in [0.2, 0.25) is 17.7 Å². The first kappa shape index (κ1) is 15.0. The molecule has 0 aromatic carbocycles. The average molecular weight is 328 g/mol. The number of aromatic nitrogens is 3. The van der Waals surface area contributed by atoms with Crippen LogP contribution in [0.25, 0.3) is 0 Å². The van der Waals surface area contributed by atoms with Gasteiger partial charge in [0.15, 0.2) is 0 Å². The molecule has 24 heavy (non-hydrogen) atoms. The van der Waals surface area contributed by atoms with Gasteiger partial charge in [0.25, 0.3) is 5.56 Å². The number of methoxy groups -OCH3 is 2. The molecule has 2 atom stereocenters. The third-order valence-corrected chi connectivity index (χ3v) is 4.85. The van der Waals surface area contributed by atoms with E-state index in [0.717, 1.165) is 31.7 Å². The van der Waals surface area contributed by atoms with Gasteiger partial charge in [-0.05, 0) is 18.4 Å². The zero-order valence-electron chi connectivity index (χ0n) is 13.8. The fourth-order valence-corrected chi connectivity index (χ4v) is 3.80. The summed E-state index contributed by atoms with van der Waals surface area (Å²) in [6.45, 7) is 2.37. The topological polar surface area (TPSA) is 69.5 Å². The number of ether oxygens (including phenoxy) is 2. The van der Waals surface area contributed by atoms with Crippen molar-refractivity contribution in [3.05, 3.63) is 40.3 Å². The molecule has 0 spiro atoms. The van der Waals surface area contributed by atoms with Gasteiger partial charge in [-0.3, -0.25) is 4.79 Å². The van der Waals surface area contributed by atoms with Gasteiger partial charge in [-0.2, -0.15) is 9.97 Å². The molecule has 0 amide bonds. The van der Waals surface area contributed by atoms with Crippen molar-refractivity contribution in [2.75, 3.05) is 32.2 Å². The Balaban J connectivity index is 1.68. The first-order valence-corrected chi connectivity index (χ1v) is 8.09. The summed E-state index contributed by atoms with van der Waals surface area (Å²) in [5.41, 5.74) is 1.20. The number of piperidine rings is 1. The lowest BCUT2D eigenvalue weighted by Gasteiger charge is -2.42. The Labute approximate surface area is 139 Å². The molecule has 0 aliphatic carbocycles. The molecule has 2 unspecified atom stereocenters. The molecule has 2 aromatic heterocycles. The first-order valence-electron chi connectivity index (χ1n) is 8.09. The molecule has 0 saturated carbocycles. The van der Waals surface area contributed by atoms with Crippen LogP contribution in [0.4, 0.5) is 5.95 Å². The van der Waals surface area contributed by atoms with Crippen LogP contribution in [0.15, 0.2) is 29.1 Å². The number of fused-ring (bicyclic) bond motifs is 4. The van der Waals surface area contributed by atoms with Crippen LogP contribution < -0.4 is 19.9 Å². The van der Waals surface area contributed by atoms with Crippen molar-refractivity contribution in [3.8, 4) is 11.8 Å². The van der Waals surface area contributed by atoms with Crippen LogP contribution in [0.5, 0.6) is 11.8 Å². The smallest absolute Gasteiger partial charge is 0.250 e. The van der Waals surface area contributed by atoms with Crippen LogP contribution >= 0.6 is 0 Å². The van der Waals surface area contributed by atoms with Crippen molar-refractivity contribution in [1.82, 2.24) is 14.5 Å². The fourth-order valence-electron chi connectivity index (χ4n) is 3.80. The summed E-state index contributed by atoms with van der Waals surface area (Å²) in [6, 6.07) is 7.21. The van der Waals surface area contributed by atoms with Crippen LogP contribution in [0.1, 0.15) is 18.0 Å². The minimum Gasteiger partial charge on any atom is -0.481 e. The summed E-state index contributed by atoms with van der Waals surface area (Å²) in [5.74, 6) is 2.32. The summed E-state index contributed by atoms with van der Waals surface area (Å²) < 4.78 is 12.4. The van der Waals surface area contributed by atoms with Gasteiger partial charge in [-0.1, -0.05) is 6.07 Å². The summed E-state index contributed by atoms with van der Waals surface area (Å²) in [7, 11) is 3.16. The number of pyridine rings is 1. The molecule has 7 heteroatoms. The second-order valence-electron chi connectivity index (χ2n) is 6.36. The van der Waals surface area contributed by atoms with Crippen LogP contribution in [0, 0.1) is 5.92 Å². The monoisotopic (exact) mass is 328 g/mol. The standard InChI is InChI=1S/C17H20N4O3/c1-23-14-7-15(24-2)19-17(18-14)20-8-11-6-12(10-20)13-4-3-5-16(22)21(13)9-11/h3-5,7,11-12H,6,8-10H2,1-2H3. The van der Waals surface area contributed by atoms with E-state index >= 15 is 0 Å². The summed E-state index contributed by atoms with van der Waals surface area (Å²) in [5, 5.41) is 0. The zero-order chi connectivity index (χ0) is 16.7. The highest BCUT2D eigenvalue weighted by molar-refractivity contribution is 5.39. The highest BCUT2D eigenvalue weighted by Crippen LogP contribution is 2.36. The van der Waals surface area contributed by atoms with Crippen molar-refractivity contribution < 1.29 is 9.47 Å². The van der Waals surface area contributed by atoms with Crippen LogP contribution in [0.2, 0.25) is 0 Å². The van der Waals surface area contributed by atoms with Gasteiger partial charge in [0.05, 0.1) is 20.3 Å².